The Bertz CT molecular complexity index is 1160. The van der Waals surface area contributed by atoms with Crippen molar-refractivity contribution in [3.63, 3.8) is 0 Å². The number of carbonyl (C=O) groups is 1. The maximum atomic E-state index is 11.9. The molecule has 0 aliphatic carbocycles. The molecule has 27 heavy (non-hydrogen) atoms. The second kappa shape index (κ2) is 6.65. The van der Waals surface area contributed by atoms with E-state index in [1.54, 1.807) is 23.6 Å². The van der Waals surface area contributed by atoms with Crippen molar-refractivity contribution in [3.05, 3.63) is 69.7 Å². The van der Waals surface area contributed by atoms with Crippen LogP contribution in [-0.2, 0) is 0 Å². The number of imidazole rings is 1. The van der Waals surface area contributed by atoms with Crippen LogP contribution in [0.2, 0.25) is 0 Å². The minimum atomic E-state index is -0.462. The number of nitro groups is 1. The van der Waals surface area contributed by atoms with E-state index in [4.69, 9.17) is 4.74 Å². The van der Waals surface area contributed by atoms with Gasteiger partial charge in [-0.25, -0.2) is 4.98 Å². The van der Waals surface area contributed by atoms with E-state index in [1.807, 2.05) is 29.6 Å². The lowest BCUT2D eigenvalue weighted by Crippen LogP contribution is -1.96. The summed E-state index contributed by atoms with van der Waals surface area (Å²) in [5, 5.41) is 12.8. The summed E-state index contributed by atoms with van der Waals surface area (Å²) in [5.41, 5.74) is 3.16. The van der Waals surface area contributed by atoms with Crippen molar-refractivity contribution in [2.24, 2.45) is 0 Å². The molecular formula is C19H13N3O4S. The van der Waals surface area contributed by atoms with Crippen LogP contribution in [0, 0.1) is 10.1 Å². The molecule has 0 bridgehead atoms. The Hall–Kier alpha value is -3.52. The molecule has 0 amide bonds. The number of carbonyl (C=O) groups excluding carboxylic acids is 1. The Labute approximate surface area is 157 Å². The van der Waals surface area contributed by atoms with E-state index < -0.39 is 4.92 Å². The molecule has 0 atom stereocenters. The van der Waals surface area contributed by atoms with E-state index >= 15 is 0 Å². The number of aromatic nitrogens is 2. The summed E-state index contributed by atoms with van der Waals surface area (Å²) in [7, 11) is 1.60. The highest BCUT2D eigenvalue weighted by atomic mass is 32.1. The number of ether oxygens (including phenoxy) is 1. The molecule has 0 aliphatic heterocycles. The summed E-state index contributed by atoms with van der Waals surface area (Å²) in [4.78, 5) is 27.5. The van der Waals surface area contributed by atoms with Gasteiger partial charge in [-0.15, -0.1) is 11.3 Å². The molecule has 2 aromatic carbocycles. The van der Waals surface area contributed by atoms with E-state index in [9.17, 15) is 14.9 Å². The lowest BCUT2D eigenvalue weighted by molar-refractivity contribution is -0.384. The fourth-order valence-corrected chi connectivity index (χ4v) is 3.88. The number of hydrogen-bond acceptors (Lipinski definition) is 6. The second-order valence-electron chi connectivity index (χ2n) is 5.71. The number of aldehydes is 1. The number of fused-ring (bicyclic) bond motifs is 1. The summed E-state index contributed by atoms with van der Waals surface area (Å²) < 4.78 is 7.22. The van der Waals surface area contributed by atoms with Crippen molar-refractivity contribution in [1.82, 2.24) is 9.38 Å². The average Bonchev–Trinajstić information content (AvgIpc) is 3.27. The maximum absolute atomic E-state index is 11.9. The number of non-ortho nitro benzene ring substituents is 1. The fraction of sp³-hybridized carbons (Fsp3) is 0.0526. The third-order valence-electron chi connectivity index (χ3n) is 4.25. The van der Waals surface area contributed by atoms with Crippen molar-refractivity contribution < 1.29 is 14.5 Å². The number of rotatable bonds is 5. The second-order valence-corrected chi connectivity index (χ2v) is 6.54. The molecule has 0 saturated carbocycles. The number of thiazole rings is 1. The maximum Gasteiger partial charge on any atom is 0.269 e. The topological polar surface area (TPSA) is 86.7 Å². The van der Waals surface area contributed by atoms with Crippen LogP contribution < -0.4 is 4.74 Å². The number of methoxy groups -OCH3 is 1. The number of para-hydroxylation sites is 1. The van der Waals surface area contributed by atoms with Crippen molar-refractivity contribution in [1.29, 1.82) is 0 Å². The highest BCUT2D eigenvalue weighted by molar-refractivity contribution is 7.15. The first-order chi connectivity index (χ1) is 13.1. The smallest absolute Gasteiger partial charge is 0.269 e. The number of hydrogen-bond donors (Lipinski definition) is 0. The van der Waals surface area contributed by atoms with Crippen LogP contribution in [0.1, 0.15) is 10.5 Å². The van der Waals surface area contributed by atoms with Crippen LogP contribution in [-0.4, -0.2) is 27.7 Å². The van der Waals surface area contributed by atoms with Gasteiger partial charge < -0.3 is 4.74 Å². The highest BCUT2D eigenvalue weighted by Crippen LogP contribution is 2.36. The predicted molar refractivity (Wildman–Crippen MR) is 103 cm³/mol. The number of nitro benzene ring substituents is 1. The molecule has 0 fully saturated rings. The van der Waals surface area contributed by atoms with Gasteiger partial charge in [0.2, 0.25) is 0 Å². The van der Waals surface area contributed by atoms with Gasteiger partial charge in [-0.05, 0) is 24.3 Å². The molecule has 0 radical (unpaired) electrons. The van der Waals surface area contributed by atoms with Gasteiger partial charge >= 0.3 is 0 Å². The predicted octanol–water partition coefficient (Wildman–Crippen LogP) is 4.46. The van der Waals surface area contributed by atoms with Crippen LogP contribution in [0.25, 0.3) is 27.5 Å². The van der Waals surface area contributed by atoms with Gasteiger partial charge in [-0.1, -0.05) is 12.1 Å². The van der Waals surface area contributed by atoms with Crippen LogP contribution in [0.3, 0.4) is 0 Å². The lowest BCUT2D eigenvalue weighted by Gasteiger charge is -2.08. The Morgan fingerprint density at radius 1 is 1.19 bits per heavy atom. The Kier molecular flexibility index (Phi) is 4.17. The van der Waals surface area contributed by atoms with Gasteiger partial charge in [-0.3, -0.25) is 19.3 Å². The van der Waals surface area contributed by atoms with Gasteiger partial charge in [0.1, 0.15) is 17.1 Å². The Balaban J connectivity index is 1.91. The van der Waals surface area contributed by atoms with Crippen LogP contribution in [0.4, 0.5) is 5.69 Å². The first-order valence-electron chi connectivity index (χ1n) is 7.97. The van der Waals surface area contributed by atoms with Crippen LogP contribution in [0.5, 0.6) is 5.75 Å². The summed E-state index contributed by atoms with van der Waals surface area (Å²) in [6.07, 6.45) is 0.752. The minimum absolute atomic E-state index is 0.0119. The normalized spacial score (nSPS) is 10.9. The summed E-state index contributed by atoms with van der Waals surface area (Å²) in [6, 6.07) is 13.5. The standard InChI is InChI=1S/C19H13N3O4S/c1-26-17-5-3-2-4-14(17)16-11-27-19-20-18(15(10-23)21(16)19)12-6-8-13(9-7-12)22(24)25/h2-11H,1H3. The third kappa shape index (κ3) is 2.76. The van der Waals surface area contributed by atoms with E-state index in [0.717, 1.165) is 17.5 Å². The van der Waals surface area contributed by atoms with Gasteiger partial charge in [0, 0.05) is 28.6 Å². The zero-order chi connectivity index (χ0) is 19.0. The lowest BCUT2D eigenvalue weighted by atomic mass is 10.1. The van der Waals surface area contributed by atoms with Crippen molar-refractivity contribution in [3.8, 4) is 28.3 Å². The molecule has 0 unspecified atom stereocenters. The quantitative estimate of drug-likeness (QED) is 0.290. The van der Waals surface area contributed by atoms with Gasteiger partial charge in [0.05, 0.1) is 17.7 Å². The van der Waals surface area contributed by atoms with Gasteiger partial charge in [0.15, 0.2) is 11.2 Å². The van der Waals surface area contributed by atoms with Crippen LogP contribution >= 0.6 is 11.3 Å². The molecule has 7 nitrogen and oxygen atoms in total. The molecule has 4 rings (SSSR count). The summed E-state index contributed by atoms with van der Waals surface area (Å²) in [6.45, 7) is 0. The highest BCUT2D eigenvalue weighted by Gasteiger charge is 2.20. The fourth-order valence-electron chi connectivity index (χ4n) is 2.99. The van der Waals surface area contributed by atoms with E-state index in [-0.39, 0.29) is 5.69 Å². The van der Waals surface area contributed by atoms with Crippen molar-refractivity contribution >= 4 is 28.3 Å². The third-order valence-corrected chi connectivity index (χ3v) is 5.07. The minimum Gasteiger partial charge on any atom is -0.496 e. The van der Waals surface area contributed by atoms with Gasteiger partial charge in [-0.2, -0.15) is 0 Å². The van der Waals surface area contributed by atoms with E-state index in [2.05, 4.69) is 4.98 Å². The van der Waals surface area contributed by atoms with Crippen LogP contribution in [0.15, 0.2) is 53.9 Å². The molecule has 0 aliphatic rings. The average molecular weight is 379 g/mol. The van der Waals surface area contributed by atoms with Gasteiger partial charge in [0.25, 0.3) is 5.69 Å². The Morgan fingerprint density at radius 3 is 2.59 bits per heavy atom. The number of benzene rings is 2. The Morgan fingerprint density at radius 2 is 1.93 bits per heavy atom. The first-order valence-corrected chi connectivity index (χ1v) is 8.85. The molecule has 134 valence electrons. The molecular weight excluding hydrogens is 366 g/mol. The summed E-state index contributed by atoms with van der Waals surface area (Å²) in [5.74, 6) is 0.694. The zero-order valence-corrected chi connectivity index (χ0v) is 15.0. The molecule has 8 heteroatoms. The van der Waals surface area contributed by atoms with Crippen molar-refractivity contribution in [2.45, 2.75) is 0 Å². The largest absolute Gasteiger partial charge is 0.496 e. The molecule has 2 heterocycles. The molecule has 0 N–H and O–H groups in total. The first kappa shape index (κ1) is 16.9. The van der Waals surface area contributed by atoms with E-state index in [1.165, 1.54) is 23.5 Å². The SMILES string of the molecule is COc1ccccc1-c1csc2nc(-c3ccc([N+](=O)[O-])cc3)c(C=O)n12. The molecule has 0 saturated heterocycles. The molecule has 4 aromatic rings. The van der Waals surface area contributed by atoms with Crippen molar-refractivity contribution in [2.75, 3.05) is 7.11 Å². The molecule has 2 aromatic heterocycles. The number of nitrogens with zero attached hydrogens (tertiary/aromatic N) is 3. The zero-order valence-electron chi connectivity index (χ0n) is 14.2. The monoisotopic (exact) mass is 379 g/mol. The molecule has 0 spiro atoms. The summed E-state index contributed by atoms with van der Waals surface area (Å²) >= 11 is 1.41. The van der Waals surface area contributed by atoms with E-state index in [0.29, 0.717) is 27.7 Å².